The molecule has 0 radical (unpaired) electrons. The predicted octanol–water partition coefficient (Wildman–Crippen LogP) is 7.07. The van der Waals surface area contributed by atoms with Crippen LogP contribution in [0.25, 0.3) is 0 Å². The van der Waals surface area contributed by atoms with Crippen molar-refractivity contribution in [2.75, 3.05) is 19.7 Å². The molecule has 0 aromatic carbocycles. The summed E-state index contributed by atoms with van der Waals surface area (Å²) in [6, 6.07) is 0. The molecule has 0 amide bonds. The second-order valence-corrected chi connectivity index (χ2v) is 8.28. The zero-order chi connectivity index (χ0) is 18.0. The van der Waals surface area contributed by atoms with E-state index in [0.717, 1.165) is 19.1 Å². The number of epoxide rings is 1. The van der Waals surface area contributed by atoms with Gasteiger partial charge in [-0.15, -0.1) is 12.4 Å². The lowest BCUT2D eigenvalue weighted by molar-refractivity contribution is 0.395. The summed E-state index contributed by atoms with van der Waals surface area (Å²) in [6.45, 7) is 7.86. The molecule has 0 aromatic rings. The van der Waals surface area contributed by atoms with Gasteiger partial charge in [0, 0.05) is 6.54 Å². The number of unbranched alkanes of at least 4 members (excludes halogenated alkanes) is 11. The summed E-state index contributed by atoms with van der Waals surface area (Å²) in [4.78, 5) is 0. The maximum Gasteiger partial charge on any atom is 0.0933 e. The number of allylic oxidation sites excluding steroid dienone is 2. The van der Waals surface area contributed by atoms with E-state index in [0.29, 0.717) is 6.10 Å². The van der Waals surface area contributed by atoms with Crippen LogP contribution in [-0.2, 0) is 4.74 Å². The Morgan fingerprint density at radius 2 is 1.31 bits per heavy atom. The molecule has 0 aromatic heterocycles. The Hall–Kier alpha value is -0.0500. The van der Waals surface area contributed by atoms with E-state index in [1.807, 2.05) is 0 Å². The molecule has 1 aliphatic rings. The van der Waals surface area contributed by atoms with Crippen molar-refractivity contribution >= 4 is 12.4 Å². The fourth-order valence-electron chi connectivity index (χ4n) is 3.25. The van der Waals surface area contributed by atoms with Crippen LogP contribution in [0.15, 0.2) is 12.2 Å². The molecule has 3 heteroatoms. The van der Waals surface area contributed by atoms with Gasteiger partial charge in [-0.2, -0.15) is 0 Å². The van der Waals surface area contributed by atoms with E-state index in [4.69, 9.17) is 4.74 Å². The van der Waals surface area contributed by atoms with Gasteiger partial charge in [-0.3, -0.25) is 0 Å². The van der Waals surface area contributed by atoms with E-state index in [1.54, 1.807) is 0 Å². The van der Waals surface area contributed by atoms with E-state index in [1.165, 1.54) is 96.4 Å². The minimum atomic E-state index is 0. The lowest BCUT2D eigenvalue weighted by Gasteiger charge is -2.03. The largest absolute Gasteiger partial charge is 0.372 e. The Balaban J connectivity index is 0.00000625. The Morgan fingerprint density at radius 1 is 0.808 bits per heavy atom. The number of halogens is 1. The van der Waals surface area contributed by atoms with Crippen LogP contribution in [-0.4, -0.2) is 25.8 Å². The zero-order valence-corrected chi connectivity index (χ0v) is 18.5. The zero-order valence-electron chi connectivity index (χ0n) is 17.6. The molecule has 1 aliphatic heterocycles. The molecule has 1 unspecified atom stereocenters. The van der Waals surface area contributed by atoms with Crippen LogP contribution in [0.4, 0.5) is 0 Å². The molecular weight excluding hydrogens is 342 g/mol. The number of hydrogen-bond donors (Lipinski definition) is 1. The van der Waals surface area contributed by atoms with Crippen LogP contribution in [0.2, 0.25) is 0 Å². The van der Waals surface area contributed by atoms with E-state index in [2.05, 4.69) is 31.3 Å². The summed E-state index contributed by atoms with van der Waals surface area (Å²) >= 11 is 0. The number of ether oxygens (including phenoxy) is 1. The summed E-state index contributed by atoms with van der Waals surface area (Å²) in [5, 5.41) is 3.47. The smallest absolute Gasteiger partial charge is 0.0933 e. The van der Waals surface area contributed by atoms with E-state index >= 15 is 0 Å². The molecule has 1 N–H and O–H groups in total. The highest BCUT2D eigenvalue weighted by Crippen LogP contribution is 2.12. The Kier molecular flexibility index (Phi) is 19.7. The third-order valence-electron chi connectivity index (χ3n) is 5.07. The standard InChI is InChI=1S/C23H45NO.ClH/c1-22(2)18-16-14-12-10-8-6-4-3-5-7-9-11-13-15-17-19-24-20-23-21-25-23;/h3-4,22-24H,5-21H2,1-2H3;1H. The molecule has 2 nitrogen and oxygen atoms in total. The van der Waals surface area contributed by atoms with Crippen LogP contribution in [0.5, 0.6) is 0 Å². The van der Waals surface area contributed by atoms with Crippen molar-refractivity contribution in [2.24, 2.45) is 5.92 Å². The lowest BCUT2D eigenvalue weighted by atomic mass is 10.0. The predicted molar refractivity (Wildman–Crippen MR) is 118 cm³/mol. The molecule has 0 aliphatic carbocycles. The first kappa shape index (κ1) is 26.0. The van der Waals surface area contributed by atoms with Crippen molar-refractivity contribution in [3.8, 4) is 0 Å². The monoisotopic (exact) mass is 387 g/mol. The van der Waals surface area contributed by atoms with Gasteiger partial charge >= 0.3 is 0 Å². The summed E-state index contributed by atoms with van der Waals surface area (Å²) < 4.78 is 5.18. The molecule has 0 spiro atoms. The Bertz CT molecular complexity index is 303. The maximum atomic E-state index is 5.18. The molecule has 156 valence electrons. The van der Waals surface area contributed by atoms with Gasteiger partial charge in [0.15, 0.2) is 0 Å². The average Bonchev–Trinajstić information content (AvgIpc) is 3.41. The van der Waals surface area contributed by atoms with Crippen molar-refractivity contribution in [2.45, 2.75) is 110 Å². The lowest BCUT2D eigenvalue weighted by Crippen LogP contribution is -2.20. The van der Waals surface area contributed by atoms with Crippen molar-refractivity contribution in [1.82, 2.24) is 5.32 Å². The van der Waals surface area contributed by atoms with E-state index in [-0.39, 0.29) is 12.4 Å². The van der Waals surface area contributed by atoms with Crippen LogP contribution in [0.3, 0.4) is 0 Å². The second kappa shape index (κ2) is 19.7. The first-order valence-corrected chi connectivity index (χ1v) is 11.3. The maximum absolute atomic E-state index is 5.18. The van der Waals surface area contributed by atoms with Crippen LogP contribution in [0.1, 0.15) is 104 Å². The first-order chi connectivity index (χ1) is 12.3. The van der Waals surface area contributed by atoms with Crippen LogP contribution < -0.4 is 5.32 Å². The van der Waals surface area contributed by atoms with Gasteiger partial charge in [0.1, 0.15) is 0 Å². The highest BCUT2D eigenvalue weighted by molar-refractivity contribution is 5.85. The van der Waals surface area contributed by atoms with Gasteiger partial charge in [-0.05, 0) is 44.6 Å². The highest BCUT2D eigenvalue weighted by Gasteiger charge is 2.20. The number of nitrogens with one attached hydrogen (secondary N) is 1. The van der Waals surface area contributed by atoms with Gasteiger partial charge in [0.25, 0.3) is 0 Å². The van der Waals surface area contributed by atoms with Gasteiger partial charge in [0.05, 0.1) is 12.7 Å². The summed E-state index contributed by atoms with van der Waals surface area (Å²) in [5.74, 6) is 0.882. The Labute approximate surface area is 170 Å². The molecule has 1 atom stereocenters. The molecule has 26 heavy (non-hydrogen) atoms. The minimum Gasteiger partial charge on any atom is -0.372 e. The minimum absolute atomic E-state index is 0. The van der Waals surface area contributed by atoms with Crippen LogP contribution in [0, 0.1) is 5.92 Å². The van der Waals surface area contributed by atoms with Gasteiger partial charge in [0.2, 0.25) is 0 Å². The van der Waals surface area contributed by atoms with Crippen molar-refractivity contribution in [3.63, 3.8) is 0 Å². The normalized spacial score (nSPS) is 16.3. The molecule has 1 rings (SSSR count). The Morgan fingerprint density at radius 3 is 1.85 bits per heavy atom. The van der Waals surface area contributed by atoms with Gasteiger partial charge in [-0.1, -0.05) is 83.8 Å². The van der Waals surface area contributed by atoms with Crippen LogP contribution >= 0.6 is 12.4 Å². The van der Waals surface area contributed by atoms with Gasteiger partial charge in [-0.25, -0.2) is 0 Å². The molecule has 0 bridgehead atoms. The molecular formula is C23H46ClNO. The number of hydrogen-bond acceptors (Lipinski definition) is 2. The first-order valence-electron chi connectivity index (χ1n) is 11.3. The molecule has 1 heterocycles. The summed E-state index contributed by atoms with van der Waals surface area (Å²) in [7, 11) is 0. The topological polar surface area (TPSA) is 24.6 Å². The summed E-state index contributed by atoms with van der Waals surface area (Å²) in [5.41, 5.74) is 0. The molecule has 0 saturated carbocycles. The van der Waals surface area contributed by atoms with E-state index in [9.17, 15) is 0 Å². The molecule has 1 fully saturated rings. The fraction of sp³-hybridized carbons (Fsp3) is 0.913. The van der Waals surface area contributed by atoms with Crippen molar-refractivity contribution in [1.29, 1.82) is 0 Å². The quantitative estimate of drug-likeness (QED) is 0.145. The third-order valence-corrected chi connectivity index (χ3v) is 5.07. The van der Waals surface area contributed by atoms with Gasteiger partial charge < -0.3 is 10.1 Å². The van der Waals surface area contributed by atoms with Crippen molar-refractivity contribution < 1.29 is 4.74 Å². The number of rotatable bonds is 19. The fourth-order valence-corrected chi connectivity index (χ4v) is 3.25. The highest BCUT2D eigenvalue weighted by atomic mass is 35.5. The molecule has 1 saturated heterocycles. The SMILES string of the molecule is CC(C)CCCCCCCC=CCCCCCCCCNCC1CO1.Cl. The van der Waals surface area contributed by atoms with E-state index < -0.39 is 0 Å². The second-order valence-electron chi connectivity index (χ2n) is 8.28. The third kappa shape index (κ3) is 20.3. The average molecular weight is 388 g/mol. The summed E-state index contributed by atoms with van der Waals surface area (Å²) in [6.07, 6.45) is 24.8. The van der Waals surface area contributed by atoms with Crippen molar-refractivity contribution in [3.05, 3.63) is 12.2 Å².